The summed E-state index contributed by atoms with van der Waals surface area (Å²) in [5, 5.41) is 1.54. The number of carbonyl (C=O) groups excluding carboxylic acids is 1. The maximum atomic E-state index is 12.9. The molecule has 0 atom stereocenters. The van der Waals surface area contributed by atoms with Gasteiger partial charge in [0, 0.05) is 0 Å². The summed E-state index contributed by atoms with van der Waals surface area (Å²) in [6, 6.07) is 1.27. The van der Waals surface area contributed by atoms with Gasteiger partial charge < -0.3 is 4.43 Å². The van der Waals surface area contributed by atoms with Crippen LogP contribution in [0.15, 0.2) is 11.4 Å². The van der Waals surface area contributed by atoms with Crippen LogP contribution in [0.25, 0.3) is 0 Å². The molecule has 0 spiro atoms. The van der Waals surface area contributed by atoms with Gasteiger partial charge in [-0.25, -0.2) is 9.18 Å². The summed E-state index contributed by atoms with van der Waals surface area (Å²) in [4.78, 5) is 11.4. The van der Waals surface area contributed by atoms with E-state index in [-0.39, 0.29) is 4.88 Å². The van der Waals surface area contributed by atoms with Crippen molar-refractivity contribution in [3.63, 3.8) is 0 Å². The van der Waals surface area contributed by atoms with E-state index in [1.54, 1.807) is 0 Å². The van der Waals surface area contributed by atoms with E-state index < -0.39 is 20.1 Å². The minimum atomic E-state index is -1.91. The summed E-state index contributed by atoms with van der Waals surface area (Å²) in [6.45, 7) is 5.66. The van der Waals surface area contributed by atoms with E-state index >= 15 is 0 Å². The Morgan fingerprint density at radius 3 is 2.54 bits per heavy atom. The quantitative estimate of drug-likeness (QED) is 0.713. The third-order valence-corrected chi connectivity index (χ3v) is 2.87. The van der Waals surface area contributed by atoms with Crippen molar-refractivity contribution in [2.45, 2.75) is 19.6 Å². The molecule has 0 saturated heterocycles. The third kappa shape index (κ3) is 2.93. The molecule has 1 aromatic heterocycles. The molecule has 2 nitrogen and oxygen atoms in total. The molecule has 72 valence electrons. The molecule has 0 N–H and O–H groups in total. The highest BCUT2D eigenvalue weighted by Gasteiger charge is 2.23. The highest BCUT2D eigenvalue weighted by Crippen LogP contribution is 2.18. The molecule has 1 aromatic rings. The number of thiophene rings is 1. The van der Waals surface area contributed by atoms with Crippen LogP contribution in [-0.2, 0) is 4.43 Å². The predicted octanol–water partition coefficient (Wildman–Crippen LogP) is 2.88. The monoisotopic (exact) mass is 218 g/mol. The van der Waals surface area contributed by atoms with Gasteiger partial charge in [-0.3, -0.25) is 0 Å². The number of hydrogen-bond acceptors (Lipinski definition) is 3. The van der Waals surface area contributed by atoms with E-state index in [4.69, 9.17) is 4.43 Å². The van der Waals surface area contributed by atoms with Crippen molar-refractivity contribution < 1.29 is 13.6 Å². The fourth-order valence-corrected chi connectivity index (χ4v) is 2.14. The van der Waals surface area contributed by atoms with Gasteiger partial charge in [-0.05, 0) is 31.1 Å². The molecular formula is C8H11FO2SSi. The molecule has 0 aliphatic rings. The van der Waals surface area contributed by atoms with Crippen LogP contribution in [0.1, 0.15) is 9.67 Å². The van der Waals surface area contributed by atoms with Crippen LogP contribution in [-0.4, -0.2) is 14.3 Å². The lowest BCUT2D eigenvalue weighted by atomic mass is 10.4. The molecule has 0 aliphatic carbocycles. The molecule has 13 heavy (non-hydrogen) atoms. The Labute approximate surface area is 81.5 Å². The summed E-state index contributed by atoms with van der Waals surface area (Å²) in [5.74, 6) is -1.03. The zero-order chi connectivity index (χ0) is 10.1. The number of rotatable bonds is 2. The number of carbonyl (C=O) groups is 1. The van der Waals surface area contributed by atoms with Gasteiger partial charge in [-0.2, -0.15) is 0 Å². The fraction of sp³-hybridized carbons (Fsp3) is 0.375. The van der Waals surface area contributed by atoms with Gasteiger partial charge in [0.2, 0.25) is 8.32 Å². The van der Waals surface area contributed by atoms with E-state index in [1.165, 1.54) is 11.4 Å². The van der Waals surface area contributed by atoms with Gasteiger partial charge in [-0.1, -0.05) is 0 Å². The molecule has 1 heterocycles. The zero-order valence-corrected chi connectivity index (χ0v) is 9.57. The van der Waals surface area contributed by atoms with E-state index in [2.05, 4.69) is 0 Å². The van der Waals surface area contributed by atoms with E-state index in [1.807, 2.05) is 19.6 Å². The average molecular weight is 218 g/mol. The molecule has 0 radical (unpaired) electrons. The van der Waals surface area contributed by atoms with Crippen LogP contribution >= 0.6 is 11.3 Å². The topological polar surface area (TPSA) is 26.3 Å². The normalized spacial score (nSPS) is 11.4. The van der Waals surface area contributed by atoms with Crippen molar-refractivity contribution in [3.05, 3.63) is 22.1 Å². The summed E-state index contributed by atoms with van der Waals surface area (Å²) in [7, 11) is -1.91. The van der Waals surface area contributed by atoms with E-state index in [0.29, 0.717) is 0 Å². The summed E-state index contributed by atoms with van der Waals surface area (Å²) in [6.07, 6.45) is 0. The van der Waals surface area contributed by atoms with Gasteiger partial charge in [0.05, 0.1) is 0 Å². The van der Waals surface area contributed by atoms with Crippen LogP contribution in [0.2, 0.25) is 19.6 Å². The highest BCUT2D eigenvalue weighted by molar-refractivity contribution is 7.12. The molecule has 0 aliphatic heterocycles. The Morgan fingerprint density at radius 1 is 1.54 bits per heavy atom. The number of hydrogen-bond donors (Lipinski definition) is 0. The van der Waals surface area contributed by atoms with Crippen LogP contribution < -0.4 is 0 Å². The first-order valence-corrected chi connectivity index (χ1v) is 8.15. The molecule has 0 aromatic carbocycles. The first-order valence-electron chi connectivity index (χ1n) is 3.86. The van der Waals surface area contributed by atoms with Gasteiger partial charge >= 0.3 is 5.97 Å². The summed E-state index contributed by atoms with van der Waals surface area (Å²) < 4.78 is 18.0. The van der Waals surface area contributed by atoms with Gasteiger partial charge in [0.1, 0.15) is 10.7 Å². The maximum Gasteiger partial charge on any atom is 0.338 e. The Kier molecular flexibility index (Phi) is 2.87. The molecule has 0 fully saturated rings. The maximum absolute atomic E-state index is 12.9. The van der Waals surface area contributed by atoms with Crippen molar-refractivity contribution >= 4 is 25.6 Å². The average Bonchev–Trinajstić information content (AvgIpc) is 2.30. The largest absolute Gasteiger partial charge is 0.516 e. The van der Waals surface area contributed by atoms with Crippen molar-refractivity contribution in [1.82, 2.24) is 0 Å². The van der Waals surface area contributed by atoms with Crippen LogP contribution in [0.4, 0.5) is 4.39 Å². The third-order valence-electron chi connectivity index (χ3n) is 1.20. The Bertz CT molecular complexity index is 316. The Morgan fingerprint density at radius 2 is 2.15 bits per heavy atom. The zero-order valence-electron chi connectivity index (χ0n) is 7.76. The summed E-state index contributed by atoms with van der Waals surface area (Å²) >= 11 is 1.07. The molecule has 0 unspecified atom stereocenters. The number of halogens is 1. The second-order valence-electron chi connectivity index (χ2n) is 3.60. The minimum absolute atomic E-state index is 0.0717. The van der Waals surface area contributed by atoms with Crippen LogP contribution in [0, 0.1) is 5.82 Å². The van der Waals surface area contributed by atoms with Gasteiger partial charge in [-0.15, -0.1) is 11.3 Å². The minimum Gasteiger partial charge on any atom is -0.516 e. The molecule has 0 bridgehead atoms. The highest BCUT2D eigenvalue weighted by atomic mass is 32.1. The van der Waals surface area contributed by atoms with Crippen LogP contribution in [0.3, 0.4) is 0 Å². The molecule has 5 heteroatoms. The Balaban J connectivity index is 2.76. The lowest BCUT2D eigenvalue weighted by molar-refractivity contribution is 0.0725. The lowest BCUT2D eigenvalue weighted by Crippen LogP contribution is -2.29. The van der Waals surface area contributed by atoms with E-state index in [0.717, 1.165) is 11.3 Å². The smallest absolute Gasteiger partial charge is 0.338 e. The van der Waals surface area contributed by atoms with Gasteiger partial charge in [0.15, 0.2) is 0 Å². The van der Waals surface area contributed by atoms with Crippen molar-refractivity contribution in [1.29, 1.82) is 0 Å². The lowest BCUT2D eigenvalue weighted by Gasteiger charge is -2.16. The van der Waals surface area contributed by atoms with Crippen molar-refractivity contribution in [2.24, 2.45) is 0 Å². The fourth-order valence-electron chi connectivity index (χ4n) is 0.764. The first kappa shape index (κ1) is 10.4. The van der Waals surface area contributed by atoms with Gasteiger partial charge in [0.25, 0.3) is 0 Å². The van der Waals surface area contributed by atoms with Crippen LogP contribution in [0.5, 0.6) is 0 Å². The molecule has 1 rings (SSSR count). The predicted molar refractivity (Wildman–Crippen MR) is 53.0 cm³/mol. The molecule has 0 saturated carbocycles. The second kappa shape index (κ2) is 3.59. The summed E-state index contributed by atoms with van der Waals surface area (Å²) in [5.41, 5.74) is 0. The first-order chi connectivity index (χ1) is 5.90. The Hall–Kier alpha value is -0.683. The second-order valence-corrected chi connectivity index (χ2v) is 8.94. The molecule has 0 amide bonds. The van der Waals surface area contributed by atoms with Crippen molar-refractivity contribution in [3.8, 4) is 0 Å². The standard InChI is InChI=1S/C8H11FO2SSi/c1-13(2,3)11-8(10)7-6(9)4-5-12-7/h4-5H,1-3H3. The van der Waals surface area contributed by atoms with E-state index in [9.17, 15) is 9.18 Å². The SMILES string of the molecule is C[Si](C)(C)OC(=O)c1sccc1F. The van der Waals surface area contributed by atoms with Crippen molar-refractivity contribution in [2.75, 3.05) is 0 Å². The molecular weight excluding hydrogens is 207 g/mol.